The molecule has 0 saturated heterocycles. The van der Waals surface area contributed by atoms with Crippen molar-refractivity contribution in [3.05, 3.63) is 59.2 Å². The third-order valence-electron chi connectivity index (χ3n) is 3.95. The van der Waals surface area contributed by atoms with E-state index in [-0.39, 0.29) is 0 Å². The first-order valence-electron chi connectivity index (χ1n) is 6.94. The maximum absolute atomic E-state index is 5.81. The molecule has 2 aromatic rings. The summed E-state index contributed by atoms with van der Waals surface area (Å²) < 4.78 is 0. The minimum Gasteiger partial charge on any atom is -0.399 e. The maximum atomic E-state index is 5.81. The van der Waals surface area contributed by atoms with Gasteiger partial charge in [0, 0.05) is 11.4 Å². The summed E-state index contributed by atoms with van der Waals surface area (Å²) in [7, 11) is 0. The van der Waals surface area contributed by atoms with Gasteiger partial charge in [0.05, 0.1) is 6.04 Å². The van der Waals surface area contributed by atoms with Gasteiger partial charge in [0.2, 0.25) is 0 Å². The number of hydrogen-bond acceptors (Lipinski definition) is 2. The molecule has 3 N–H and O–H groups in total. The van der Waals surface area contributed by atoms with E-state index < -0.39 is 0 Å². The van der Waals surface area contributed by atoms with Crippen LogP contribution in [-0.2, 0) is 6.42 Å². The molecule has 0 radical (unpaired) electrons. The highest BCUT2D eigenvalue weighted by molar-refractivity contribution is 5.58. The summed E-state index contributed by atoms with van der Waals surface area (Å²) in [6, 6.07) is 15.3. The summed E-state index contributed by atoms with van der Waals surface area (Å²) in [4.78, 5) is 0. The van der Waals surface area contributed by atoms with Crippen molar-refractivity contribution < 1.29 is 0 Å². The molecule has 1 aliphatic carbocycles. The fourth-order valence-corrected chi connectivity index (χ4v) is 2.94. The van der Waals surface area contributed by atoms with Crippen molar-refractivity contribution in [3.63, 3.8) is 0 Å². The average molecular weight is 252 g/mol. The van der Waals surface area contributed by atoms with Gasteiger partial charge in [0.15, 0.2) is 0 Å². The van der Waals surface area contributed by atoms with Gasteiger partial charge in [-0.25, -0.2) is 0 Å². The van der Waals surface area contributed by atoms with Gasteiger partial charge in [-0.05, 0) is 61.1 Å². The summed E-state index contributed by atoms with van der Waals surface area (Å²) in [5, 5.41) is 3.68. The summed E-state index contributed by atoms with van der Waals surface area (Å²) in [5.74, 6) is 0. The maximum Gasteiger partial charge on any atom is 0.0516 e. The molecule has 0 aliphatic heterocycles. The third-order valence-corrected chi connectivity index (χ3v) is 3.95. The first kappa shape index (κ1) is 12.1. The van der Waals surface area contributed by atoms with Crippen LogP contribution in [0.2, 0.25) is 0 Å². The van der Waals surface area contributed by atoms with E-state index in [1.54, 1.807) is 0 Å². The number of nitrogen functional groups attached to an aromatic ring is 1. The molecule has 1 atom stereocenters. The molecule has 0 fully saturated rings. The van der Waals surface area contributed by atoms with Crippen LogP contribution in [-0.4, -0.2) is 0 Å². The van der Waals surface area contributed by atoms with Crippen LogP contribution >= 0.6 is 0 Å². The molecule has 0 heterocycles. The topological polar surface area (TPSA) is 38.0 Å². The van der Waals surface area contributed by atoms with E-state index >= 15 is 0 Å². The SMILES string of the molecule is Cc1cc(N)ccc1NC1CCCc2ccccc21. The highest BCUT2D eigenvalue weighted by Crippen LogP contribution is 2.33. The van der Waals surface area contributed by atoms with Crippen molar-refractivity contribution in [2.24, 2.45) is 0 Å². The van der Waals surface area contributed by atoms with Gasteiger partial charge in [0.1, 0.15) is 0 Å². The number of aryl methyl sites for hydroxylation is 2. The number of benzene rings is 2. The summed E-state index contributed by atoms with van der Waals surface area (Å²) in [5.41, 5.74) is 12.0. The van der Waals surface area contributed by atoms with E-state index in [1.165, 1.54) is 41.6 Å². The van der Waals surface area contributed by atoms with Crippen molar-refractivity contribution in [3.8, 4) is 0 Å². The van der Waals surface area contributed by atoms with E-state index in [0.29, 0.717) is 6.04 Å². The Labute approximate surface area is 114 Å². The van der Waals surface area contributed by atoms with Crippen molar-refractivity contribution in [2.45, 2.75) is 32.2 Å². The van der Waals surface area contributed by atoms with Gasteiger partial charge in [-0.3, -0.25) is 0 Å². The van der Waals surface area contributed by atoms with Crippen molar-refractivity contribution in [1.29, 1.82) is 0 Å². The summed E-state index contributed by atoms with van der Waals surface area (Å²) in [6.45, 7) is 2.10. The quantitative estimate of drug-likeness (QED) is 0.791. The molecule has 3 rings (SSSR count). The molecule has 0 amide bonds. The number of anilines is 2. The first-order chi connectivity index (χ1) is 9.24. The van der Waals surface area contributed by atoms with E-state index in [9.17, 15) is 0 Å². The largest absolute Gasteiger partial charge is 0.399 e. The molecule has 1 unspecified atom stereocenters. The highest BCUT2D eigenvalue weighted by atomic mass is 14.9. The second-order valence-corrected chi connectivity index (χ2v) is 5.36. The molecule has 19 heavy (non-hydrogen) atoms. The van der Waals surface area contributed by atoms with Crippen molar-refractivity contribution >= 4 is 11.4 Å². The average Bonchev–Trinajstić information content (AvgIpc) is 2.42. The Morgan fingerprint density at radius 3 is 2.84 bits per heavy atom. The van der Waals surface area contributed by atoms with Crippen LogP contribution in [0.1, 0.15) is 35.6 Å². The number of fused-ring (bicyclic) bond motifs is 1. The fourth-order valence-electron chi connectivity index (χ4n) is 2.94. The molecule has 1 aliphatic rings. The lowest BCUT2D eigenvalue weighted by Gasteiger charge is -2.28. The van der Waals surface area contributed by atoms with Crippen LogP contribution in [0.25, 0.3) is 0 Å². The molecule has 0 spiro atoms. The Morgan fingerprint density at radius 2 is 2.00 bits per heavy atom. The molecule has 2 heteroatoms. The zero-order valence-electron chi connectivity index (χ0n) is 11.3. The Morgan fingerprint density at radius 1 is 1.16 bits per heavy atom. The van der Waals surface area contributed by atoms with Gasteiger partial charge in [-0.2, -0.15) is 0 Å². The number of nitrogens with two attached hydrogens (primary N) is 1. The van der Waals surface area contributed by atoms with Crippen LogP contribution in [0.5, 0.6) is 0 Å². The van der Waals surface area contributed by atoms with Crippen LogP contribution in [0, 0.1) is 6.92 Å². The van der Waals surface area contributed by atoms with E-state index in [2.05, 4.69) is 42.6 Å². The fraction of sp³-hybridized carbons (Fsp3) is 0.294. The predicted octanol–water partition coefficient (Wildman–Crippen LogP) is 4.07. The summed E-state index contributed by atoms with van der Waals surface area (Å²) >= 11 is 0. The molecule has 98 valence electrons. The van der Waals surface area contributed by atoms with Gasteiger partial charge >= 0.3 is 0 Å². The van der Waals surface area contributed by atoms with Crippen LogP contribution in [0.3, 0.4) is 0 Å². The van der Waals surface area contributed by atoms with Gasteiger partial charge in [-0.15, -0.1) is 0 Å². The molecule has 0 aromatic heterocycles. The molecular weight excluding hydrogens is 232 g/mol. The van der Waals surface area contributed by atoms with E-state index in [0.717, 1.165) is 5.69 Å². The second kappa shape index (κ2) is 4.96. The minimum absolute atomic E-state index is 0.423. The molecule has 2 nitrogen and oxygen atoms in total. The Hall–Kier alpha value is -1.96. The smallest absolute Gasteiger partial charge is 0.0516 e. The Bertz CT molecular complexity index is 590. The van der Waals surface area contributed by atoms with E-state index in [4.69, 9.17) is 5.73 Å². The van der Waals surface area contributed by atoms with Crippen LogP contribution in [0.15, 0.2) is 42.5 Å². The zero-order chi connectivity index (χ0) is 13.2. The van der Waals surface area contributed by atoms with Gasteiger partial charge in [-0.1, -0.05) is 24.3 Å². The van der Waals surface area contributed by atoms with E-state index in [1.807, 2.05) is 12.1 Å². The monoisotopic (exact) mass is 252 g/mol. The van der Waals surface area contributed by atoms with Gasteiger partial charge in [0.25, 0.3) is 0 Å². The van der Waals surface area contributed by atoms with Crippen LogP contribution in [0.4, 0.5) is 11.4 Å². The zero-order valence-corrected chi connectivity index (χ0v) is 11.3. The first-order valence-corrected chi connectivity index (χ1v) is 6.94. The second-order valence-electron chi connectivity index (χ2n) is 5.36. The lowest BCUT2D eigenvalue weighted by Crippen LogP contribution is -2.17. The Balaban J connectivity index is 1.88. The molecule has 2 aromatic carbocycles. The van der Waals surface area contributed by atoms with Crippen molar-refractivity contribution in [1.82, 2.24) is 0 Å². The number of rotatable bonds is 2. The molecule has 0 bridgehead atoms. The van der Waals surface area contributed by atoms with Crippen molar-refractivity contribution in [2.75, 3.05) is 11.1 Å². The minimum atomic E-state index is 0.423. The van der Waals surface area contributed by atoms with Crippen LogP contribution < -0.4 is 11.1 Å². The molecular formula is C17H20N2. The number of hydrogen-bond donors (Lipinski definition) is 2. The molecule has 0 saturated carbocycles. The lowest BCUT2D eigenvalue weighted by atomic mass is 9.87. The number of nitrogens with one attached hydrogen (secondary N) is 1. The Kier molecular flexibility index (Phi) is 3.16. The van der Waals surface area contributed by atoms with Gasteiger partial charge < -0.3 is 11.1 Å². The standard InChI is InChI=1S/C17H20N2/c1-12-11-14(18)9-10-16(12)19-17-8-4-6-13-5-2-3-7-15(13)17/h2-3,5,7,9-11,17,19H,4,6,8,18H2,1H3. The lowest BCUT2D eigenvalue weighted by molar-refractivity contribution is 0.600. The normalized spacial score (nSPS) is 17.8. The predicted molar refractivity (Wildman–Crippen MR) is 81.3 cm³/mol. The highest BCUT2D eigenvalue weighted by Gasteiger charge is 2.19. The summed E-state index contributed by atoms with van der Waals surface area (Å²) in [6.07, 6.45) is 3.65. The third kappa shape index (κ3) is 2.43.